The van der Waals surface area contributed by atoms with Crippen LogP contribution in [0.1, 0.15) is 57.4 Å². The molecule has 11 heteroatoms. The molecule has 2 aliphatic carbocycles. The number of hydrogen-bond acceptors (Lipinski definition) is 7. The first-order valence-electron chi connectivity index (χ1n) is 10.2. The van der Waals surface area contributed by atoms with E-state index in [1.165, 1.54) is 0 Å². The number of hydrazine groups is 1. The molecule has 0 bridgehead atoms. The number of rotatable bonds is 6. The van der Waals surface area contributed by atoms with Gasteiger partial charge < -0.3 is 21.0 Å². The highest BCUT2D eigenvalue weighted by Gasteiger charge is 2.27. The van der Waals surface area contributed by atoms with Crippen molar-refractivity contribution in [2.75, 3.05) is 17.3 Å². The van der Waals surface area contributed by atoms with Gasteiger partial charge in [-0.25, -0.2) is 10.4 Å². The second kappa shape index (κ2) is 8.31. The predicted molar refractivity (Wildman–Crippen MR) is 104 cm³/mol. The van der Waals surface area contributed by atoms with Gasteiger partial charge in [0, 0.05) is 18.1 Å². The fraction of sp³-hybridized carbons (Fsp3) is 0.722. The van der Waals surface area contributed by atoms with Gasteiger partial charge in [0.15, 0.2) is 17.0 Å². The Kier molecular flexibility index (Phi) is 5.77. The summed E-state index contributed by atoms with van der Waals surface area (Å²) < 4.78 is 39.6. The number of fused-ring (bicyclic) bond motifs is 1. The van der Waals surface area contributed by atoms with Gasteiger partial charge in [-0.2, -0.15) is 23.1 Å². The largest absolute Gasteiger partial charge is 0.402 e. The minimum atomic E-state index is -4.33. The van der Waals surface area contributed by atoms with Gasteiger partial charge in [-0.1, -0.05) is 12.8 Å². The molecule has 2 aliphatic rings. The summed E-state index contributed by atoms with van der Waals surface area (Å²) in [6.07, 6.45) is 5.48. The first-order chi connectivity index (χ1) is 13.9. The van der Waals surface area contributed by atoms with E-state index in [4.69, 9.17) is 5.73 Å². The molecule has 4 rings (SSSR count). The highest BCUT2D eigenvalue weighted by atomic mass is 19.4. The standard InChI is InChI=1S/C18H27F3N8/c19-18(20,21)9-24-28-15-14-16(29(10-23-14)13-3-1-2-4-13)27-17(26-15)25-12-7-5-11(22)6-8-12/h10-13,24H,1-9,22H2,(H2,25,26,27,28)/t11-,12-. The maximum Gasteiger partial charge on any atom is 0.402 e. The van der Waals surface area contributed by atoms with Gasteiger partial charge in [0.05, 0.1) is 6.33 Å². The summed E-state index contributed by atoms with van der Waals surface area (Å²) in [5, 5.41) is 3.34. The van der Waals surface area contributed by atoms with Gasteiger partial charge in [-0.05, 0) is 38.5 Å². The highest BCUT2D eigenvalue weighted by Crippen LogP contribution is 2.33. The fourth-order valence-corrected chi connectivity index (χ4v) is 4.19. The van der Waals surface area contributed by atoms with Crippen molar-refractivity contribution in [3.63, 3.8) is 0 Å². The van der Waals surface area contributed by atoms with Crippen molar-refractivity contribution in [2.45, 2.75) is 75.7 Å². The van der Waals surface area contributed by atoms with Crippen LogP contribution < -0.4 is 21.9 Å². The number of nitrogens with one attached hydrogen (secondary N) is 3. The van der Waals surface area contributed by atoms with Crippen LogP contribution in [0.4, 0.5) is 24.9 Å². The Morgan fingerprint density at radius 2 is 1.79 bits per heavy atom. The zero-order valence-corrected chi connectivity index (χ0v) is 16.2. The van der Waals surface area contributed by atoms with E-state index in [1.807, 2.05) is 4.57 Å². The molecule has 2 aromatic rings. The number of imidazole rings is 1. The summed E-state index contributed by atoms with van der Waals surface area (Å²) in [6.45, 7) is -1.18. The molecule has 0 aliphatic heterocycles. The smallest absolute Gasteiger partial charge is 0.351 e. The van der Waals surface area contributed by atoms with E-state index in [2.05, 4.69) is 31.1 Å². The summed E-state index contributed by atoms with van der Waals surface area (Å²) in [5.41, 5.74) is 11.8. The SMILES string of the molecule is N[C@H]1CC[C@H](Nc2nc(NNCC(F)(F)F)c3ncn(C4CCCC4)c3n2)CC1. The van der Waals surface area contributed by atoms with Crippen LogP contribution in [-0.2, 0) is 0 Å². The zero-order chi connectivity index (χ0) is 20.4. The molecule has 0 radical (unpaired) electrons. The number of hydrogen-bond donors (Lipinski definition) is 4. The Morgan fingerprint density at radius 1 is 1.07 bits per heavy atom. The van der Waals surface area contributed by atoms with Gasteiger partial charge in [0.1, 0.15) is 6.54 Å². The molecule has 0 aromatic carbocycles. The molecule has 8 nitrogen and oxygen atoms in total. The lowest BCUT2D eigenvalue weighted by molar-refractivity contribution is -0.123. The van der Waals surface area contributed by atoms with E-state index in [0.717, 1.165) is 51.4 Å². The van der Waals surface area contributed by atoms with Crippen LogP contribution >= 0.6 is 0 Å². The topological polar surface area (TPSA) is 106 Å². The van der Waals surface area contributed by atoms with Crippen molar-refractivity contribution in [3.8, 4) is 0 Å². The first kappa shape index (κ1) is 20.1. The molecular formula is C18H27F3N8. The molecular weight excluding hydrogens is 385 g/mol. The Hall–Kier alpha value is -2.14. The zero-order valence-electron chi connectivity index (χ0n) is 16.2. The Balaban J connectivity index is 1.60. The highest BCUT2D eigenvalue weighted by molar-refractivity contribution is 5.84. The van der Waals surface area contributed by atoms with E-state index in [0.29, 0.717) is 23.2 Å². The minimum Gasteiger partial charge on any atom is -0.351 e. The Labute approximate surface area is 166 Å². The van der Waals surface area contributed by atoms with Crippen LogP contribution in [0.15, 0.2) is 6.33 Å². The van der Waals surface area contributed by atoms with Crippen molar-refractivity contribution in [2.24, 2.45) is 5.73 Å². The van der Waals surface area contributed by atoms with Crippen molar-refractivity contribution in [3.05, 3.63) is 6.33 Å². The molecule has 0 saturated heterocycles. The summed E-state index contributed by atoms with van der Waals surface area (Å²) in [4.78, 5) is 13.5. The third kappa shape index (κ3) is 4.89. The minimum absolute atomic E-state index is 0.200. The second-order valence-corrected chi connectivity index (χ2v) is 8.01. The summed E-state index contributed by atoms with van der Waals surface area (Å²) in [7, 11) is 0. The summed E-state index contributed by atoms with van der Waals surface area (Å²) in [5.74, 6) is 0.639. The van der Waals surface area contributed by atoms with Crippen LogP contribution in [0.3, 0.4) is 0 Å². The molecule has 2 saturated carbocycles. The Morgan fingerprint density at radius 3 is 2.48 bits per heavy atom. The van der Waals surface area contributed by atoms with Gasteiger partial charge in [-0.15, -0.1) is 0 Å². The van der Waals surface area contributed by atoms with Crippen LogP contribution in [0.25, 0.3) is 11.2 Å². The molecule has 0 spiro atoms. The summed E-state index contributed by atoms with van der Waals surface area (Å²) >= 11 is 0. The average Bonchev–Trinajstić information content (AvgIpc) is 3.32. The molecule has 0 unspecified atom stereocenters. The quantitative estimate of drug-likeness (QED) is 0.540. The molecule has 29 heavy (non-hydrogen) atoms. The van der Waals surface area contributed by atoms with Crippen molar-refractivity contribution in [1.82, 2.24) is 24.9 Å². The molecule has 2 heterocycles. The third-order valence-electron chi connectivity index (χ3n) is 5.74. The molecule has 0 atom stereocenters. The molecule has 0 amide bonds. The molecule has 5 N–H and O–H groups in total. The normalized spacial score (nSPS) is 23.6. The van der Waals surface area contributed by atoms with E-state index in [1.54, 1.807) is 6.33 Å². The van der Waals surface area contributed by atoms with Crippen LogP contribution in [0.2, 0.25) is 0 Å². The van der Waals surface area contributed by atoms with Crippen LogP contribution in [0.5, 0.6) is 0 Å². The number of halogens is 3. The fourth-order valence-electron chi connectivity index (χ4n) is 4.19. The predicted octanol–water partition coefficient (Wildman–Crippen LogP) is 3.10. The number of nitrogens with zero attached hydrogens (tertiary/aromatic N) is 4. The first-order valence-corrected chi connectivity index (χ1v) is 10.2. The van der Waals surface area contributed by atoms with E-state index in [9.17, 15) is 13.2 Å². The van der Waals surface area contributed by atoms with Gasteiger partial charge in [0.2, 0.25) is 5.95 Å². The monoisotopic (exact) mass is 412 g/mol. The van der Waals surface area contributed by atoms with Crippen molar-refractivity contribution < 1.29 is 13.2 Å². The lowest BCUT2D eigenvalue weighted by atomic mass is 9.92. The lowest BCUT2D eigenvalue weighted by Gasteiger charge is -2.27. The number of nitrogens with two attached hydrogens (primary N) is 1. The van der Waals surface area contributed by atoms with E-state index in [-0.39, 0.29) is 17.9 Å². The maximum atomic E-state index is 12.5. The summed E-state index contributed by atoms with van der Waals surface area (Å²) in [6, 6.07) is 0.738. The van der Waals surface area contributed by atoms with E-state index < -0.39 is 12.7 Å². The average molecular weight is 412 g/mol. The molecule has 2 aromatic heterocycles. The van der Waals surface area contributed by atoms with Crippen molar-refractivity contribution >= 4 is 22.9 Å². The Bertz CT molecular complexity index is 822. The van der Waals surface area contributed by atoms with Gasteiger partial charge in [-0.3, -0.25) is 0 Å². The third-order valence-corrected chi connectivity index (χ3v) is 5.74. The van der Waals surface area contributed by atoms with Crippen molar-refractivity contribution in [1.29, 1.82) is 0 Å². The van der Waals surface area contributed by atoms with Crippen LogP contribution in [-0.4, -0.2) is 44.3 Å². The molecule has 2 fully saturated rings. The van der Waals surface area contributed by atoms with Gasteiger partial charge >= 0.3 is 6.18 Å². The van der Waals surface area contributed by atoms with E-state index >= 15 is 0 Å². The number of anilines is 2. The molecule has 160 valence electrons. The van der Waals surface area contributed by atoms with Gasteiger partial charge in [0.25, 0.3) is 0 Å². The number of alkyl halides is 3. The lowest BCUT2D eigenvalue weighted by Crippen LogP contribution is -2.34. The number of aromatic nitrogens is 4. The maximum absolute atomic E-state index is 12.5. The second-order valence-electron chi connectivity index (χ2n) is 8.01. The van der Waals surface area contributed by atoms with Crippen LogP contribution in [0, 0.1) is 0 Å².